The molecule has 1 atom stereocenters. The van der Waals surface area contributed by atoms with Crippen molar-refractivity contribution in [3.63, 3.8) is 0 Å². The summed E-state index contributed by atoms with van der Waals surface area (Å²) in [7, 11) is 0. The summed E-state index contributed by atoms with van der Waals surface area (Å²) in [6.07, 6.45) is 0. The molecule has 0 saturated carbocycles. The van der Waals surface area contributed by atoms with Gasteiger partial charge in [0.15, 0.2) is 0 Å². The van der Waals surface area contributed by atoms with Crippen LogP contribution >= 0.6 is 24.4 Å². The summed E-state index contributed by atoms with van der Waals surface area (Å²) in [4.78, 5) is 12.4. The Morgan fingerprint density at radius 2 is 2.44 bits per heavy atom. The standard InChI is InChI=1S/C4H8ClNO2S/c1-4(2-9,6-5)3(7)8/h6,9H,2H2,1H3,(H,7,8)/t4-/m0/s1. The first-order valence-electron chi connectivity index (χ1n) is 2.29. The third-order valence-electron chi connectivity index (χ3n) is 0.997. The molecule has 54 valence electrons. The second-order valence-electron chi connectivity index (χ2n) is 1.89. The first kappa shape index (κ1) is 9.07. The van der Waals surface area contributed by atoms with Crippen LogP contribution in [0.25, 0.3) is 0 Å². The molecule has 0 rings (SSSR count). The monoisotopic (exact) mass is 169 g/mol. The van der Waals surface area contributed by atoms with Gasteiger partial charge in [0, 0.05) is 5.75 Å². The highest BCUT2D eigenvalue weighted by molar-refractivity contribution is 7.80. The minimum atomic E-state index is -1.12. The Hall–Kier alpha value is 0.0700. The number of carbonyl (C=O) groups is 1. The van der Waals surface area contributed by atoms with Crippen molar-refractivity contribution < 1.29 is 9.90 Å². The fourth-order valence-electron chi connectivity index (χ4n) is 0.138. The lowest BCUT2D eigenvalue weighted by Gasteiger charge is -2.18. The third-order valence-corrected chi connectivity index (χ3v) is 2.05. The molecule has 0 fully saturated rings. The van der Waals surface area contributed by atoms with Crippen LogP contribution in [-0.2, 0) is 4.79 Å². The summed E-state index contributed by atoms with van der Waals surface area (Å²) in [5.74, 6) is -0.848. The number of hydrogen-bond acceptors (Lipinski definition) is 3. The lowest BCUT2D eigenvalue weighted by molar-refractivity contribution is -0.142. The van der Waals surface area contributed by atoms with Gasteiger partial charge in [-0.1, -0.05) is 0 Å². The van der Waals surface area contributed by atoms with Crippen molar-refractivity contribution in [1.82, 2.24) is 4.84 Å². The van der Waals surface area contributed by atoms with Crippen LogP contribution in [0.2, 0.25) is 0 Å². The highest BCUT2D eigenvalue weighted by Gasteiger charge is 2.30. The molecule has 5 heteroatoms. The minimum absolute atomic E-state index is 0.159. The van der Waals surface area contributed by atoms with Gasteiger partial charge in [-0.3, -0.25) is 4.79 Å². The second kappa shape index (κ2) is 3.29. The van der Waals surface area contributed by atoms with E-state index in [1.54, 1.807) is 0 Å². The van der Waals surface area contributed by atoms with Gasteiger partial charge in [0.1, 0.15) is 5.54 Å². The maximum Gasteiger partial charge on any atom is 0.325 e. The summed E-state index contributed by atoms with van der Waals surface area (Å²) < 4.78 is 0. The Bertz CT molecular complexity index is 115. The highest BCUT2D eigenvalue weighted by Crippen LogP contribution is 2.06. The minimum Gasteiger partial charge on any atom is -0.480 e. The van der Waals surface area contributed by atoms with E-state index in [9.17, 15) is 4.79 Å². The van der Waals surface area contributed by atoms with Crippen LogP contribution in [-0.4, -0.2) is 22.4 Å². The van der Waals surface area contributed by atoms with Crippen LogP contribution in [0.5, 0.6) is 0 Å². The van der Waals surface area contributed by atoms with Gasteiger partial charge in [0.05, 0.1) is 0 Å². The first-order chi connectivity index (χ1) is 4.06. The molecule has 0 heterocycles. The molecule has 0 aliphatic rings. The van der Waals surface area contributed by atoms with Gasteiger partial charge in [-0.25, -0.2) is 4.84 Å². The van der Waals surface area contributed by atoms with E-state index in [0.29, 0.717) is 0 Å². The molecule has 0 aliphatic carbocycles. The molecule has 2 N–H and O–H groups in total. The second-order valence-corrected chi connectivity index (χ2v) is 2.40. The average Bonchev–Trinajstić information content (AvgIpc) is 1.86. The molecule has 0 aromatic heterocycles. The van der Waals surface area contributed by atoms with Crippen molar-refractivity contribution in [3.05, 3.63) is 0 Å². The molecule has 0 spiro atoms. The zero-order chi connectivity index (χ0) is 7.49. The van der Waals surface area contributed by atoms with E-state index in [0.717, 1.165) is 0 Å². The zero-order valence-corrected chi connectivity index (χ0v) is 6.54. The van der Waals surface area contributed by atoms with Crippen LogP contribution < -0.4 is 4.84 Å². The maximum absolute atomic E-state index is 10.3. The van der Waals surface area contributed by atoms with E-state index < -0.39 is 11.5 Å². The maximum atomic E-state index is 10.3. The number of carboxylic acids is 1. The van der Waals surface area contributed by atoms with Crippen LogP contribution in [0.1, 0.15) is 6.92 Å². The molecule has 0 radical (unpaired) electrons. The molecular weight excluding hydrogens is 162 g/mol. The van der Waals surface area contributed by atoms with Crippen LogP contribution in [0.15, 0.2) is 0 Å². The number of nitrogens with one attached hydrogen (secondary N) is 1. The number of aliphatic carboxylic acids is 1. The van der Waals surface area contributed by atoms with Gasteiger partial charge in [-0.2, -0.15) is 12.6 Å². The van der Waals surface area contributed by atoms with Crippen molar-refractivity contribution in [2.75, 3.05) is 5.75 Å². The van der Waals surface area contributed by atoms with E-state index in [1.807, 2.05) is 0 Å². The van der Waals surface area contributed by atoms with Crippen molar-refractivity contribution in [2.45, 2.75) is 12.5 Å². The van der Waals surface area contributed by atoms with Crippen molar-refractivity contribution >= 4 is 30.4 Å². The van der Waals surface area contributed by atoms with Gasteiger partial charge >= 0.3 is 5.97 Å². The molecule has 0 amide bonds. The van der Waals surface area contributed by atoms with E-state index in [-0.39, 0.29) is 5.75 Å². The predicted octanol–water partition coefficient (Wildman–Crippen LogP) is 0.503. The van der Waals surface area contributed by atoms with E-state index in [2.05, 4.69) is 17.5 Å². The number of thiol groups is 1. The Morgan fingerprint density at radius 1 is 2.00 bits per heavy atom. The van der Waals surface area contributed by atoms with Crippen LogP contribution in [0.3, 0.4) is 0 Å². The summed E-state index contributed by atoms with van der Waals surface area (Å²) in [5.41, 5.74) is -1.12. The number of rotatable bonds is 3. The molecular formula is C4H8ClNO2S. The highest BCUT2D eigenvalue weighted by atomic mass is 35.5. The first-order valence-corrected chi connectivity index (χ1v) is 3.30. The fraction of sp³-hybridized carbons (Fsp3) is 0.750. The largest absolute Gasteiger partial charge is 0.480 e. The van der Waals surface area contributed by atoms with Crippen LogP contribution in [0, 0.1) is 0 Å². The van der Waals surface area contributed by atoms with Gasteiger partial charge in [-0.05, 0) is 18.7 Å². The van der Waals surface area contributed by atoms with Crippen molar-refractivity contribution in [1.29, 1.82) is 0 Å². The molecule has 3 nitrogen and oxygen atoms in total. The molecule has 0 bridgehead atoms. The lowest BCUT2D eigenvalue weighted by Crippen LogP contribution is -2.46. The Balaban J connectivity index is 4.09. The molecule has 0 aromatic rings. The molecule has 0 unspecified atom stereocenters. The van der Waals surface area contributed by atoms with Gasteiger partial charge < -0.3 is 5.11 Å². The van der Waals surface area contributed by atoms with Crippen LogP contribution in [0.4, 0.5) is 0 Å². The smallest absolute Gasteiger partial charge is 0.325 e. The van der Waals surface area contributed by atoms with Crippen molar-refractivity contribution in [3.8, 4) is 0 Å². The third kappa shape index (κ3) is 2.04. The summed E-state index contributed by atoms with van der Waals surface area (Å²) in [5, 5.41) is 8.44. The normalized spacial score (nSPS) is 16.8. The Kier molecular flexibility index (Phi) is 3.32. The SMILES string of the molecule is C[C@@](CS)(NCl)C(=O)O. The fourth-order valence-corrected chi connectivity index (χ4v) is 0.593. The van der Waals surface area contributed by atoms with E-state index >= 15 is 0 Å². The zero-order valence-electron chi connectivity index (χ0n) is 4.89. The number of carboxylic acid groups (broad SMARTS) is 1. The topological polar surface area (TPSA) is 49.3 Å². The number of hydrogen-bond donors (Lipinski definition) is 3. The quantitative estimate of drug-likeness (QED) is 0.426. The number of halogens is 1. The van der Waals surface area contributed by atoms with E-state index in [1.165, 1.54) is 6.92 Å². The van der Waals surface area contributed by atoms with E-state index in [4.69, 9.17) is 16.9 Å². The molecule has 0 aromatic carbocycles. The van der Waals surface area contributed by atoms with Crippen molar-refractivity contribution in [2.24, 2.45) is 0 Å². The molecule has 9 heavy (non-hydrogen) atoms. The van der Waals surface area contributed by atoms with Gasteiger partial charge in [0.2, 0.25) is 0 Å². The Morgan fingerprint density at radius 3 is 2.44 bits per heavy atom. The summed E-state index contributed by atoms with van der Waals surface area (Å²) in [6, 6.07) is 0. The van der Waals surface area contributed by atoms with Gasteiger partial charge in [0.25, 0.3) is 0 Å². The predicted molar refractivity (Wildman–Crippen MR) is 38.9 cm³/mol. The average molecular weight is 170 g/mol. The molecule has 0 aliphatic heterocycles. The lowest BCUT2D eigenvalue weighted by atomic mass is 10.1. The molecule has 0 saturated heterocycles. The summed E-state index contributed by atoms with van der Waals surface area (Å²) >= 11 is 8.92. The Labute approximate surface area is 63.9 Å². The van der Waals surface area contributed by atoms with Gasteiger partial charge in [-0.15, -0.1) is 0 Å². The summed E-state index contributed by atoms with van der Waals surface area (Å²) in [6.45, 7) is 1.45.